The van der Waals surface area contributed by atoms with E-state index in [-0.39, 0.29) is 6.54 Å². The molecule has 0 saturated carbocycles. The maximum absolute atomic E-state index is 12.8. The standard InChI is InChI=1S/C9H7F2NO2/c10-6-1-5(2-7(11)3-6)8-4-12-9(13)14-8/h1-3,8H,4H2,(H,12,13)/t8-/m1/s1. The third kappa shape index (κ3) is 1.66. The van der Waals surface area contributed by atoms with Crippen molar-refractivity contribution in [3.63, 3.8) is 0 Å². The van der Waals surface area contributed by atoms with E-state index in [0.717, 1.165) is 18.2 Å². The van der Waals surface area contributed by atoms with Crippen LogP contribution < -0.4 is 5.32 Å². The highest BCUT2D eigenvalue weighted by Gasteiger charge is 2.24. The first kappa shape index (κ1) is 8.93. The van der Waals surface area contributed by atoms with Gasteiger partial charge >= 0.3 is 6.09 Å². The van der Waals surface area contributed by atoms with Crippen molar-refractivity contribution in [1.82, 2.24) is 5.32 Å². The van der Waals surface area contributed by atoms with Gasteiger partial charge in [0, 0.05) is 11.6 Å². The van der Waals surface area contributed by atoms with Crippen LogP contribution in [0.3, 0.4) is 0 Å². The van der Waals surface area contributed by atoms with E-state index in [9.17, 15) is 13.6 Å². The summed E-state index contributed by atoms with van der Waals surface area (Å²) in [5.74, 6) is -1.36. The lowest BCUT2D eigenvalue weighted by Gasteiger charge is -2.07. The second-order valence-corrected chi connectivity index (χ2v) is 2.98. The minimum absolute atomic E-state index is 0.238. The highest BCUT2D eigenvalue weighted by Crippen LogP contribution is 2.22. The van der Waals surface area contributed by atoms with Crippen LogP contribution >= 0.6 is 0 Å². The van der Waals surface area contributed by atoms with E-state index >= 15 is 0 Å². The van der Waals surface area contributed by atoms with Crippen LogP contribution in [0.5, 0.6) is 0 Å². The number of ether oxygens (including phenoxy) is 1. The number of halogens is 2. The van der Waals surface area contributed by atoms with Crippen molar-refractivity contribution >= 4 is 6.09 Å². The number of benzene rings is 1. The number of carbonyl (C=O) groups excluding carboxylic acids is 1. The van der Waals surface area contributed by atoms with E-state index in [1.54, 1.807) is 0 Å². The van der Waals surface area contributed by atoms with Gasteiger partial charge in [-0.1, -0.05) is 0 Å². The Labute approximate surface area is 78.7 Å². The average molecular weight is 199 g/mol. The van der Waals surface area contributed by atoms with Crippen LogP contribution in [0.4, 0.5) is 13.6 Å². The lowest BCUT2D eigenvalue weighted by Crippen LogP contribution is -2.12. The third-order valence-corrected chi connectivity index (χ3v) is 1.94. The largest absolute Gasteiger partial charge is 0.439 e. The number of carbonyl (C=O) groups is 1. The monoisotopic (exact) mass is 199 g/mol. The zero-order valence-corrected chi connectivity index (χ0v) is 7.09. The van der Waals surface area contributed by atoms with Crippen LogP contribution in [0.1, 0.15) is 11.7 Å². The molecule has 2 rings (SSSR count). The van der Waals surface area contributed by atoms with Crippen LogP contribution in [0.15, 0.2) is 18.2 Å². The summed E-state index contributed by atoms with van der Waals surface area (Å²) in [6.45, 7) is 0.238. The molecule has 0 bridgehead atoms. The molecule has 1 atom stereocenters. The van der Waals surface area contributed by atoms with Gasteiger partial charge in [0.15, 0.2) is 0 Å². The Kier molecular flexibility index (Phi) is 2.07. The minimum Gasteiger partial charge on any atom is -0.439 e. The highest BCUT2D eigenvalue weighted by molar-refractivity contribution is 5.69. The Bertz CT molecular complexity index is 361. The molecule has 1 aliphatic rings. The van der Waals surface area contributed by atoms with Crippen molar-refractivity contribution in [1.29, 1.82) is 0 Å². The number of amides is 1. The molecule has 1 aromatic carbocycles. The predicted octanol–water partition coefficient (Wildman–Crippen LogP) is 1.75. The molecular weight excluding hydrogens is 192 g/mol. The number of rotatable bonds is 1. The lowest BCUT2D eigenvalue weighted by atomic mass is 10.1. The smallest absolute Gasteiger partial charge is 0.407 e. The molecule has 1 saturated heterocycles. The van der Waals surface area contributed by atoms with Gasteiger partial charge in [-0.3, -0.25) is 0 Å². The van der Waals surface area contributed by atoms with E-state index in [0.29, 0.717) is 5.56 Å². The van der Waals surface area contributed by atoms with Crippen LogP contribution in [0.2, 0.25) is 0 Å². The summed E-state index contributed by atoms with van der Waals surface area (Å²) < 4.78 is 30.3. The van der Waals surface area contributed by atoms with E-state index in [2.05, 4.69) is 5.32 Å². The maximum atomic E-state index is 12.8. The second kappa shape index (κ2) is 3.25. The molecule has 0 aliphatic carbocycles. The molecule has 0 aromatic heterocycles. The number of cyclic esters (lactones) is 1. The fourth-order valence-electron chi connectivity index (χ4n) is 1.34. The minimum atomic E-state index is -0.678. The third-order valence-electron chi connectivity index (χ3n) is 1.94. The Hall–Kier alpha value is -1.65. The van der Waals surface area contributed by atoms with Crippen molar-refractivity contribution in [2.24, 2.45) is 0 Å². The molecule has 0 radical (unpaired) electrons. The van der Waals surface area contributed by atoms with Crippen LogP contribution in [0.25, 0.3) is 0 Å². The van der Waals surface area contributed by atoms with E-state index in [1.165, 1.54) is 0 Å². The fourth-order valence-corrected chi connectivity index (χ4v) is 1.34. The summed E-state index contributed by atoms with van der Waals surface area (Å²) in [7, 11) is 0. The lowest BCUT2D eigenvalue weighted by molar-refractivity contribution is 0.140. The van der Waals surface area contributed by atoms with Gasteiger partial charge in [0.1, 0.15) is 17.7 Å². The Morgan fingerprint density at radius 1 is 1.29 bits per heavy atom. The van der Waals surface area contributed by atoms with Gasteiger partial charge in [0.2, 0.25) is 0 Å². The van der Waals surface area contributed by atoms with Crippen LogP contribution in [-0.2, 0) is 4.74 Å². The van der Waals surface area contributed by atoms with Crippen molar-refractivity contribution in [2.75, 3.05) is 6.54 Å². The van der Waals surface area contributed by atoms with Crippen molar-refractivity contribution in [2.45, 2.75) is 6.10 Å². The first-order valence-corrected chi connectivity index (χ1v) is 4.05. The quantitative estimate of drug-likeness (QED) is 0.748. The van der Waals surface area contributed by atoms with Crippen LogP contribution in [0, 0.1) is 11.6 Å². The second-order valence-electron chi connectivity index (χ2n) is 2.98. The van der Waals surface area contributed by atoms with Crippen molar-refractivity contribution in [3.8, 4) is 0 Å². The Morgan fingerprint density at radius 2 is 1.93 bits per heavy atom. The van der Waals surface area contributed by atoms with Gasteiger partial charge in [-0.25, -0.2) is 13.6 Å². The zero-order chi connectivity index (χ0) is 10.1. The summed E-state index contributed by atoms with van der Waals surface area (Å²) in [6, 6.07) is 3.07. The molecular formula is C9H7F2NO2. The summed E-state index contributed by atoms with van der Waals surface area (Å²) in [5.41, 5.74) is 0.320. The van der Waals surface area contributed by atoms with Gasteiger partial charge in [-0.05, 0) is 12.1 Å². The predicted molar refractivity (Wildman–Crippen MR) is 43.6 cm³/mol. The number of hydrogen-bond acceptors (Lipinski definition) is 2. The average Bonchev–Trinajstić information content (AvgIpc) is 2.50. The van der Waals surface area contributed by atoms with Gasteiger partial charge in [-0.15, -0.1) is 0 Å². The summed E-state index contributed by atoms with van der Waals surface area (Å²) in [6.07, 6.45) is -1.17. The van der Waals surface area contributed by atoms with E-state index < -0.39 is 23.8 Å². The fraction of sp³-hybridized carbons (Fsp3) is 0.222. The Balaban J connectivity index is 2.27. The molecule has 1 fully saturated rings. The molecule has 0 spiro atoms. The van der Waals surface area contributed by atoms with Crippen molar-refractivity contribution in [3.05, 3.63) is 35.4 Å². The number of nitrogens with one attached hydrogen (secondary N) is 1. The normalized spacial score (nSPS) is 20.4. The number of alkyl carbamates (subject to hydrolysis) is 1. The first-order chi connectivity index (χ1) is 6.65. The van der Waals surface area contributed by atoms with Crippen LogP contribution in [-0.4, -0.2) is 12.6 Å². The van der Waals surface area contributed by atoms with E-state index in [4.69, 9.17) is 4.74 Å². The molecule has 1 N–H and O–H groups in total. The molecule has 1 aliphatic heterocycles. The SMILES string of the molecule is O=C1NC[C@H](c2cc(F)cc(F)c2)O1. The zero-order valence-electron chi connectivity index (χ0n) is 7.09. The van der Waals surface area contributed by atoms with Gasteiger partial charge in [-0.2, -0.15) is 0 Å². The first-order valence-electron chi connectivity index (χ1n) is 4.05. The summed E-state index contributed by atoms with van der Waals surface area (Å²) in [5, 5.41) is 2.40. The molecule has 3 nitrogen and oxygen atoms in total. The van der Waals surface area contributed by atoms with Gasteiger partial charge < -0.3 is 10.1 Å². The molecule has 1 aromatic rings. The van der Waals surface area contributed by atoms with Gasteiger partial charge in [0.05, 0.1) is 6.54 Å². The molecule has 0 unspecified atom stereocenters. The highest BCUT2D eigenvalue weighted by atomic mass is 19.1. The molecule has 1 heterocycles. The van der Waals surface area contributed by atoms with E-state index in [1.807, 2.05) is 0 Å². The topological polar surface area (TPSA) is 38.3 Å². The van der Waals surface area contributed by atoms with Gasteiger partial charge in [0.25, 0.3) is 0 Å². The van der Waals surface area contributed by atoms with Crippen molar-refractivity contribution < 1.29 is 18.3 Å². The number of hydrogen-bond donors (Lipinski definition) is 1. The molecule has 74 valence electrons. The summed E-state index contributed by atoms with van der Waals surface area (Å²) >= 11 is 0. The summed E-state index contributed by atoms with van der Waals surface area (Å²) in [4.78, 5) is 10.7. The molecule has 14 heavy (non-hydrogen) atoms. The Morgan fingerprint density at radius 3 is 2.43 bits per heavy atom. The maximum Gasteiger partial charge on any atom is 0.407 e. The molecule has 1 amide bonds. The molecule has 5 heteroatoms.